The number of aryl methyl sites for hydroxylation is 2. The minimum Gasteiger partial charge on any atom is -0.461 e. The SMILES string of the molecule is O=[N+]([O-])c1c(Oc2ccc3oc4c(c3c2)CCCC4)nc2ccccn12. The molecule has 0 radical (unpaired) electrons. The van der Waals surface area contributed by atoms with E-state index in [-0.39, 0.29) is 11.7 Å². The summed E-state index contributed by atoms with van der Waals surface area (Å²) in [5.41, 5.74) is 2.52. The lowest BCUT2D eigenvalue weighted by molar-refractivity contribution is -0.391. The van der Waals surface area contributed by atoms with Gasteiger partial charge in [0.1, 0.15) is 17.1 Å². The van der Waals surface area contributed by atoms with Gasteiger partial charge in [-0.25, -0.2) is 0 Å². The highest BCUT2D eigenvalue weighted by Gasteiger charge is 2.25. The van der Waals surface area contributed by atoms with Crippen LogP contribution in [0.4, 0.5) is 5.82 Å². The Labute approximate surface area is 148 Å². The number of hydrogen-bond acceptors (Lipinski definition) is 5. The fraction of sp³-hybridized carbons (Fsp3) is 0.211. The summed E-state index contributed by atoms with van der Waals surface area (Å²) >= 11 is 0. The van der Waals surface area contributed by atoms with Crippen molar-refractivity contribution in [3.63, 3.8) is 0 Å². The van der Waals surface area contributed by atoms with Gasteiger partial charge in [-0.15, -0.1) is 0 Å². The third kappa shape index (κ3) is 2.24. The number of nitro groups is 1. The van der Waals surface area contributed by atoms with Crippen molar-refractivity contribution < 1.29 is 14.1 Å². The van der Waals surface area contributed by atoms with E-state index in [9.17, 15) is 10.1 Å². The number of furan rings is 1. The van der Waals surface area contributed by atoms with E-state index in [2.05, 4.69) is 4.98 Å². The van der Waals surface area contributed by atoms with Crippen LogP contribution < -0.4 is 4.74 Å². The molecule has 0 unspecified atom stereocenters. The maximum Gasteiger partial charge on any atom is 0.392 e. The number of aromatic nitrogens is 2. The Bertz CT molecular complexity index is 1160. The summed E-state index contributed by atoms with van der Waals surface area (Å²) in [6.07, 6.45) is 5.83. The topological polar surface area (TPSA) is 82.8 Å². The van der Waals surface area contributed by atoms with E-state index in [0.717, 1.165) is 42.4 Å². The number of fused-ring (bicyclic) bond motifs is 4. The average Bonchev–Trinajstić information content (AvgIpc) is 3.19. The highest BCUT2D eigenvalue weighted by atomic mass is 16.6. The summed E-state index contributed by atoms with van der Waals surface area (Å²) < 4.78 is 13.1. The van der Waals surface area contributed by atoms with E-state index in [1.807, 2.05) is 12.1 Å². The van der Waals surface area contributed by atoms with Gasteiger partial charge in [0.2, 0.25) is 5.65 Å². The Morgan fingerprint density at radius 3 is 2.96 bits per heavy atom. The number of nitrogens with zero attached hydrogens (tertiary/aromatic N) is 3. The Balaban J connectivity index is 1.60. The monoisotopic (exact) mass is 349 g/mol. The molecule has 130 valence electrons. The number of pyridine rings is 1. The molecule has 3 aromatic heterocycles. The van der Waals surface area contributed by atoms with Crippen molar-refractivity contribution in [1.29, 1.82) is 0 Å². The predicted octanol–water partition coefficient (Wildman–Crippen LogP) is 4.66. The summed E-state index contributed by atoms with van der Waals surface area (Å²) in [6, 6.07) is 10.7. The molecule has 0 aliphatic heterocycles. The van der Waals surface area contributed by atoms with E-state index in [1.54, 1.807) is 30.5 Å². The van der Waals surface area contributed by atoms with Gasteiger partial charge in [-0.05, 0) is 48.5 Å². The first kappa shape index (κ1) is 14.9. The third-order valence-corrected chi connectivity index (χ3v) is 4.79. The van der Waals surface area contributed by atoms with Crippen LogP contribution in [0.3, 0.4) is 0 Å². The number of benzene rings is 1. The van der Waals surface area contributed by atoms with Crippen LogP contribution in [-0.4, -0.2) is 14.3 Å². The molecule has 7 nitrogen and oxygen atoms in total. The molecule has 0 N–H and O–H groups in total. The van der Waals surface area contributed by atoms with Crippen molar-refractivity contribution in [2.45, 2.75) is 25.7 Å². The molecule has 0 bridgehead atoms. The van der Waals surface area contributed by atoms with Crippen LogP contribution in [-0.2, 0) is 12.8 Å². The summed E-state index contributed by atoms with van der Waals surface area (Å²) in [7, 11) is 0. The van der Waals surface area contributed by atoms with Crippen molar-refractivity contribution in [2.75, 3.05) is 0 Å². The normalized spacial score (nSPS) is 13.8. The number of ether oxygens (including phenoxy) is 1. The lowest BCUT2D eigenvalue weighted by atomic mass is 9.96. The number of imidazole rings is 1. The standard InChI is InChI=1S/C19H15N3O4/c23-22(24)19-18(20-17-7-3-4-10-21(17)19)25-12-8-9-16-14(11-12)13-5-1-2-6-15(13)26-16/h3-4,7-11H,1-2,5-6H2. The number of rotatable bonds is 3. The van der Waals surface area contributed by atoms with Crippen LogP contribution >= 0.6 is 0 Å². The van der Waals surface area contributed by atoms with Crippen molar-refractivity contribution in [2.24, 2.45) is 0 Å². The summed E-state index contributed by atoms with van der Waals surface area (Å²) in [6.45, 7) is 0. The third-order valence-electron chi connectivity index (χ3n) is 4.79. The average molecular weight is 349 g/mol. The van der Waals surface area contributed by atoms with Gasteiger partial charge in [-0.3, -0.25) is 0 Å². The van der Waals surface area contributed by atoms with E-state index < -0.39 is 4.92 Å². The second-order valence-corrected chi connectivity index (χ2v) is 6.40. The van der Waals surface area contributed by atoms with Gasteiger partial charge in [0.05, 0.1) is 6.20 Å². The molecule has 0 saturated heterocycles. The van der Waals surface area contributed by atoms with E-state index in [1.165, 1.54) is 9.96 Å². The second kappa shape index (κ2) is 5.59. The second-order valence-electron chi connectivity index (χ2n) is 6.40. The summed E-state index contributed by atoms with van der Waals surface area (Å²) in [5.74, 6) is 1.35. The first-order valence-corrected chi connectivity index (χ1v) is 8.54. The highest BCUT2D eigenvalue weighted by Crippen LogP contribution is 2.36. The van der Waals surface area contributed by atoms with Crippen LogP contribution in [0, 0.1) is 10.1 Å². The molecule has 0 atom stereocenters. The Kier molecular flexibility index (Phi) is 3.21. The van der Waals surface area contributed by atoms with Crippen LogP contribution in [0.1, 0.15) is 24.2 Å². The molecule has 1 aromatic carbocycles. The molecule has 0 spiro atoms. The molecule has 7 heteroatoms. The van der Waals surface area contributed by atoms with Gasteiger partial charge in [-0.1, -0.05) is 6.07 Å². The van der Waals surface area contributed by atoms with Gasteiger partial charge in [0.15, 0.2) is 0 Å². The summed E-state index contributed by atoms with van der Waals surface area (Å²) in [4.78, 5) is 15.3. The minimum absolute atomic E-state index is 0.0158. The van der Waals surface area contributed by atoms with Crippen LogP contribution in [0.15, 0.2) is 47.0 Å². The minimum atomic E-state index is -0.479. The van der Waals surface area contributed by atoms with Gasteiger partial charge in [0, 0.05) is 23.4 Å². The zero-order valence-electron chi connectivity index (χ0n) is 13.8. The maximum absolute atomic E-state index is 11.5. The molecule has 3 heterocycles. The van der Waals surface area contributed by atoms with E-state index >= 15 is 0 Å². The number of hydrogen-bond donors (Lipinski definition) is 0. The van der Waals surface area contributed by atoms with Crippen molar-refractivity contribution >= 4 is 22.4 Å². The molecule has 1 aliphatic rings. The smallest absolute Gasteiger partial charge is 0.392 e. The molecular weight excluding hydrogens is 334 g/mol. The van der Waals surface area contributed by atoms with Crippen molar-refractivity contribution in [1.82, 2.24) is 9.38 Å². The van der Waals surface area contributed by atoms with Crippen LogP contribution in [0.5, 0.6) is 11.6 Å². The first-order valence-electron chi connectivity index (χ1n) is 8.54. The lowest BCUT2D eigenvalue weighted by Gasteiger charge is -2.08. The molecular formula is C19H15N3O4. The Morgan fingerprint density at radius 1 is 1.19 bits per heavy atom. The van der Waals surface area contributed by atoms with Crippen LogP contribution in [0.2, 0.25) is 0 Å². The predicted molar refractivity (Wildman–Crippen MR) is 94.8 cm³/mol. The van der Waals surface area contributed by atoms with Gasteiger partial charge in [-0.2, -0.15) is 9.38 Å². The Hall–Kier alpha value is -3.35. The lowest BCUT2D eigenvalue weighted by Crippen LogP contribution is -1.98. The van der Waals surface area contributed by atoms with Gasteiger partial charge in [0.25, 0.3) is 0 Å². The van der Waals surface area contributed by atoms with Crippen LogP contribution in [0.25, 0.3) is 16.6 Å². The Morgan fingerprint density at radius 2 is 2.08 bits per heavy atom. The summed E-state index contributed by atoms with van der Waals surface area (Å²) in [5, 5.41) is 12.5. The molecule has 4 aromatic rings. The zero-order valence-corrected chi connectivity index (χ0v) is 13.8. The van der Waals surface area contributed by atoms with E-state index in [0.29, 0.717) is 11.4 Å². The zero-order chi connectivity index (χ0) is 17.7. The maximum atomic E-state index is 11.5. The van der Waals surface area contributed by atoms with Crippen molar-refractivity contribution in [3.8, 4) is 11.6 Å². The molecule has 0 saturated carbocycles. The fourth-order valence-electron chi connectivity index (χ4n) is 3.61. The molecule has 1 aliphatic carbocycles. The quantitative estimate of drug-likeness (QED) is 0.397. The molecule has 0 amide bonds. The van der Waals surface area contributed by atoms with E-state index in [4.69, 9.17) is 9.15 Å². The van der Waals surface area contributed by atoms with Crippen molar-refractivity contribution in [3.05, 3.63) is 64.0 Å². The highest BCUT2D eigenvalue weighted by molar-refractivity contribution is 5.84. The molecule has 26 heavy (non-hydrogen) atoms. The van der Waals surface area contributed by atoms with Gasteiger partial charge >= 0.3 is 11.7 Å². The fourth-order valence-corrected chi connectivity index (χ4v) is 3.61. The van der Waals surface area contributed by atoms with Gasteiger partial charge < -0.3 is 19.3 Å². The molecule has 0 fully saturated rings. The first-order chi connectivity index (χ1) is 12.7. The largest absolute Gasteiger partial charge is 0.461 e. The molecule has 5 rings (SSSR count).